The quantitative estimate of drug-likeness (QED) is 0.360. The van der Waals surface area contributed by atoms with Gasteiger partial charge in [0.2, 0.25) is 11.8 Å². The molecule has 1 aromatic heterocycles. The van der Waals surface area contributed by atoms with E-state index in [-0.39, 0.29) is 18.4 Å². The second kappa shape index (κ2) is 8.85. The van der Waals surface area contributed by atoms with Gasteiger partial charge in [0.25, 0.3) is 0 Å². The van der Waals surface area contributed by atoms with E-state index in [4.69, 9.17) is 5.11 Å². The van der Waals surface area contributed by atoms with E-state index in [1.54, 1.807) is 6.20 Å². The summed E-state index contributed by atoms with van der Waals surface area (Å²) in [4.78, 5) is 39.5. The number of benzene rings is 1. The Morgan fingerprint density at radius 2 is 1.96 bits per heavy atom. The number of hydrogen-bond acceptors (Lipinski definition) is 5. The van der Waals surface area contributed by atoms with Crippen molar-refractivity contribution in [2.24, 2.45) is 0 Å². The Hall–Kier alpha value is -2.91. The highest BCUT2D eigenvalue weighted by molar-refractivity contribution is 5.93. The lowest BCUT2D eigenvalue weighted by atomic mass is 10.0. The summed E-state index contributed by atoms with van der Waals surface area (Å²) < 4.78 is 0. The minimum Gasteiger partial charge on any atom is -0.480 e. The average molecular weight is 388 g/mol. The fourth-order valence-corrected chi connectivity index (χ4v) is 3.37. The van der Waals surface area contributed by atoms with Gasteiger partial charge in [-0.05, 0) is 31.0 Å². The van der Waals surface area contributed by atoms with Gasteiger partial charge >= 0.3 is 5.97 Å². The number of hydrogen-bond donors (Lipinski definition) is 6. The average Bonchev–Trinajstić information content (AvgIpc) is 3.35. The maximum absolute atomic E-state index is 12.7. The molecule has 1 saturated heterocycles. The summed E-state index contributed by atoms with van der Waals surface area (Å²) >= 11 is 0. The summed E-state index contributed by atoms with van der Waals surface area (Å²) in [5.41, 5.74) is 1.73. The molecule has 150 valence electrons. The van der Waals surface area contributed by atoms with E-state index in [0.29, 0.717) is 6.42 Å². The predicted molar refractivity (Wildman–Crippen MR) is 102 cm³/mol. The Balaban J connectivity index is 1.79. The van der Waals surface area contributed by atoms with Crippen LogP contribution in [0.4, 0.5) is 0 Å². The number of carbonyl (C=O) groups excluding carboxylic acids is 2. The molecule has 1 aliphatic rings. The van der Waals surface area contributed by atoms with Crippen molar-refractivity contribution < 1.29 is 24.6 Å². The van der Waals surface area contributed by atoms with Crippen molar-refractivity contribution in [1.29, 1.82) is 0 Å². The Bertz CT molecular complexity index is 859. The number of aliphatic carboxylic acids is 1. The summed E-state index contributed by atoms with van der Waals surface area (Å²) in [7, 11) is 0. The highest BCUT2D eigenvalue weighted by Crippen LogP contribution is 2.19. The molecule has 0 unspecified atom stereocenters. The number of carbonyl (C=O) groups is 3. The van der Waals surface area contributed by atoms with Gasteiger partial charge in [0, 0.05) is 23.5 Å². The lowest BCUT2D eigenvalue weighted by molar-refractivity contribution is -0.143. The molecule has 28 heavy (non-hydrogen) atoms. The second-order valence-corrected chi connectivity index (χ2v) is 6.86. The molecular weight excluding hydrogens is 364 g/mol. The topological polar surface area (TPSA) is 144 Å². The lowest BCUT2D eigenvalue weighted by Gasteiger charge is -2.22. The fourth-order valence-electron chi connectivity index (χ4n) is 3.37. The molecule has 2 heterocycles. The Kier molecular flexibility index (Phi) is 6.27. The van der Waals surface area contributed by atoms with Gasteiger partial charge in [-0.1, -0.05) is 18.2 Å². The Morgan fingerprint density at radius 1 is 1.18 bits per heavy atom. The first kappa shape index (κ1) is 19.8. The first-order chi connectivity index (χ1) is 13.5. The third-order valence-electron chi connectivity index (χ3n) is 4.91. The number of carboxylic acid groups (broad SMARTS) is 1. The molecule has 9 nitrogen and oxygen atoms in total. The maximum Gasteiger partial charge on any atom is 0.328 e. The number of nitrogens with one attached hydrogen (secondary N) is 4. The van der Waals surface area contributed by atoms with Crippen molar-refractivity contribution in [3.8, 4) is 0 Å². The molecular formula is C19H24N4O5. The van der Waals surface area contributed by atoms with Gasteiger partial charge in [0.1, 0.15) is 12.1 Å². The minimum absolute atomic E-state index is 0.187. The molecule has 1 aliphatic heterocycles. The van der Waals surface area contributed by atoms with Gasteiger partial charge in [-0.25, -0.2) is 4.79 Å². The number of carboxylic acids is 1. The van der Waals surface area contributed by atoms with Crippen LogP contribution in [0.2, 0.25) is 0 Å². The molecule has 6 N–H and O–H groups in total. The van der Waals surface area contributed by atoms with Crippen LogP contribution in [0.5, 0.6) is 0 Å². The van der Waals surface area contributed by atoms with Crippen molar-refractivity contribution >= 4 is 28.7 Å². The molecule has 0 spiro atoms. The van der Waals surface area contributed by atoms with Crippen LogP contribution in [0.1, 0.15) is 18.4 Å². The van der Waals surface area contributed by atoms with E-state index in [2.05, 4.69) is 20.9 Å². The van der Waals surface area contributed by atoms with Crippen LogP contribution >= 0.6 is 0 Å². The number of rotatable bonds is 8. The molecule has 3 rings (SSSR count). The van der Waals surface area contributed by atoms with E-state index < -0.39 is 30.6 Å². The molecule has 2 aromatic rings. The molecule has 0 aliphatic carbocycles. The van der Waals surface area contributed by atoms with Gasteiger partial charge in [0.15, 0.2) is 0 Å². The summed E-state index contributed by atoms with van der Waals surface area (Å²) in [6.45, 7) is 0.00199. The van der Waals surface area contributed by atoms with Crippen molar-refractivity contribution in [2.45, 2.75) is 37.4 Å². The number of amides is 2. The number of para-hydroxylation sites is 1. The molecule has 1 aromatic carbocycles. The van der Waals surface area contributed by atoms with Gasteiger partial charge in [-0.3, -0.25) is 9.59 Å². The zero-order valence-electron chi connectivity index (χ0n) is 15.3. The Morgan fingerprint density at radius 3 is 2.64 bits per heavy atom. The monoisotopic (exact) mass is 388 g/mol. The summed E-state index contributed by atoms with van der Waals surface area (Å²) in [6.07, 6.45) is 3.52. The van der Waals surface area contributed by atoms with E-state index in [0.717, 1.165) is 29.4 Å². The van der Waals surface area contributed by atoms with E-state index in [9.17, 15) is 19.5 Å². The summed E-state index contributed by atoms with van der Waals surface area (Å²) in [5.74, 6) is -2.29. The van der Waals surface area contributed by atoms with Crippen LogP contribution in [-0.2, 0) is 20.8 Å². The third-order valence-corrected chi connectivity index (χ3v) is 4.91. The number of aromatic nitrogens is 1. The van der Waals surface area contributed by atoms with Crippen LogP contribution < -0.4 is 16.0 Å². The third kappa shape index (κ3) is 4.49. The molecule has 0 bridgehead atoms. The van der Waals surface area contributed by atoms with Crippen LogP contribution in [0.3, 0.4) is 0 Å². The van der Waals surface area contributed by atoms with Crippen LogP contribution in [0, 0.1) is 0 Å². The maximum atomic E-state index is 12.7. The van der Waals surface area contributed by atoms with E-state index in [1.165, 1.54) is 0 Å². The second-order valence-electron chi connectivity index (χ2n) is 6.86. The number of H-pyrrole nitrogens is 1. The summed E-state index contributed by atoms with van der Waals surface area (Å²) in [5, 5.41) is 27.3. The van der Waals surface area contributed by atoms with E-state index in [1.807, 2.05) is 24.3 Å². The molecule has 0 radical (unpaired) electrons. The Labute approximate surface area is 161 Å². The van der Waals surface area contributed by atoms with Crippen LogP contribution in [0.15, 0.2) is 30.5 Å². The van der Waals surface area contributed by atoms with Gasteiger partial charge in [0.05, 0.1) is 12.6 Å². The predicted octanol–water partition coefficient (Wildman–Crippen LogP) is -0.491. The van der Waals surface area contributed by atoms with Crippen LogP contribution in [0.25, 0.3) is 10.9 Å². The SMILES string of the molecule is O=C(O)[C@H](CO)NC(=O)[C@H](Cc1c[nH]c2ccccc12)NC(=O)[C@@H]1CCCN1. The standard InChI is InChI=1S/C19H24N4O5/c24-10-16(19(27)28)23-18(26)15(22-17(25)14-6-3-7-20-14)8-11-9-21-13-5-2-1-4-12(11)13/h1-2,4-5,9,14-16,20-21,24H,3,6-8,10H2,(H,22,25)(H,23,26)(H,27,28)/t14-,15-,16-/m0/s1. The molecule has 9 heteroatoms. The number of aliphatic hydroxyl groups is 1. The number of aliphatic hydroxyl groups excluding tert-OH is 1. The minimum atomic E-state index is -1.43. The van der Waals surface area contributed by atoms with Gasteiger partial charge in [-0.15, -0.1) is 0 Å². The first-order valence-corrected chi connectivity index (χ1v) is 9.22. The largest absolute Gasteiger partial charge is 0.480 e. The molecule has 1 fully saturated rings. The highest BCUT2D eigenvalue weighted by Gasteiger charge is 2.30. The van der Waals surface area contributed by atoms with Crippen LogP contribution in [-0.4, -0.2) is 64.3 Å². The zero-order chi connectivity index (χ0) is 20.1. The number of aromatic amines is 1. The zero-order valence-corrected chi connectivity index (χ0v) is 15.3. The molecule has 2 amide bonds. The van der Waals surface area contributed by atoms with Crippen molar-refractivity contribution in [3.63, 3.8) is 0 Å². The smallest absolute Gasteiger partial charge is 0.328 e. The van der Waals surface area contributed by atoms with E-state index >= 15 is 0 Å². The first-order valence-electron chi connectivity index (χ1n) is 9.22. The lowest BCUT2D eigenvalue weighted by Crippen LogP contribution is -2.55. The highest BCUT2D eigenvalue weighted by atomic mass is 16.4. The van der Waals surface area contributed by atoms with Crippen molar-refractivity contribution in [1.82, 2.24) is 20.9 Å². The molecule has 3 atom stereocenters. The molecule has 0 saturated carbocycles. The van der Waals surface area contributed by atoms with Gasteiger partial charge in [-0.2, -0.15) is 0 Å². The van der Waals surface area contributed by atoms with Crippen molar-refractivity contribution in [2.75, 3.05) is 13.2 Å². The normalized spacial score (nSPS) is 18.5. The van der Waals surface area contributed by atoms with Crippen molar-refractivity contribution in [3.05, 3.63) is 36.0 Å². The van der Waals surface area contributed by atoms with Gasteiger partial charge < -0.3 is 31.1 Å². The fraction of sp³-hybridized carbons (Fsp3) is 0.421. The summed E-state index contributed by atoms with van der Waals surface area (Å²) in [6, 6.07) is 4.81. The number of fused-ring (bicyclic) bond motifs is 1.